The van der Waals surface area contributed by atoms with Crippen LogP contribution in [0.4, 0.5) is 9.18 Å². The largest absolute Gasteiger partial charge is 0.444 e. The third-order valence-electron chi connectivity index (χ3n) is 13.3. The summed E-state index contributed by atoms with van der Waals surface area (Å²) in [6.45, 7) is 19.8. The predicted octanol–water partition coefficient (Wildman–Crippen LogP) is 11.3. The topological polar surface area (TPSA) is 101 Å². The van der Waals surface area contributed by atoms with Gasteiger partial charge < -0.3 is 23.5 Å². The molecule has 2 aromatic heterocycles. The fourth-order valence-electron chi connectivity index (χ4n) is 9.33. The molecule has 2 aromatic carbocycles. The van der Waals surface area contributed by atoms with Crippen molar-refractivity contribution in [1.82, 2.24) is 19.4 Å². The van der Waals surface area contributed by atoms with Crippen molar-refractivity contribution in [3.63, 3.8) is 0 Å². The smallest absolute Gasteiger partial charge is 0.410 e. The Bertz CT molecular complexity index is 2390. The van der Waals surface area contributed by atoms with Crippen LogP contribution in [0, 0.1) is 35.9 Å². The molecule has 58 heavy (non-hydrogen) atoms. The molecule has 2 saturated carbocycles. The number of nitriles is 1. The van der Waals surface area contributed by atoms with Crippen molar-refractivity contribution in [2.45, 2.75) is 135 Å². The summed E-state index contributed by atoms with van der Waals surface area (Å²) in [4.78, 5) is 36.8. The number of carbonyl (C=O) groups excluding carboxylic acids is 2. The highest BCUT2D eigenvalue weighted by Gasteiger charge is 2.57. The van der Waals surface area contributed by atoms with Gasteiger partial charge in [-0.1, -0.05) is 56.1 Å². The number of nitrogens with zero attached hydrogens (tertiary/aromatic N) is 5. The van der Waals surface area contributed by atoms with Gasteiger partial charge in [-0.3, -0.25) is 4.79 Å². The summed E-state index contributed by atoms with van der Waals surface area (Å²) in [5.74, 6) is -0.249. The molecule has 13 heteroatoms. The van der Waals surface area contributed by atoms with E-state index in [9.17, 15) is 14.9 Å². The van der Waals surface area contributed by atoms with Crippen molar-refractivity contribution in [2.75, 3.05) is 13.1 Å². The molecule has 5 fully saturated rings. The number of ether oxygens (including phenoxy) is 1. The van der Waals surface area contributed by atoms with Crippen LogP contribution in [0.3, 0.4) is 0 Å². The Balaban J connectivity index is 1.36. The highest BCUT2D eigenvalue weighted by molar-refractivity contribution is 6.74. The Morgan fingerprint density at radius 1 is 1.03 bits per heavy atom. The fourth-order valence-corrected chi connectivity index (χ4v) is 11.1. The number of hydrogen-bond donors (Lipinski definition) is 0. The average molecular weight is 847 g/mol. The van der Waals surface area contributed by atoms with E-state index < -0.39 is 19.7 Å². The fraction of sp³-hybridized carbons (Fsp3) is 0.556. The standard InChI is InChI=1S/C45H54Cl2FN5O4Si/c1-24-30-21-34(33-20-28(57-58(8,9)45(5,6)7)23-51(33)42(54)25-15-16-25)53(40-27-19-35(40)52(22-27)43(55)56-44(2,3)4)41(30)31-18-26(12-11-17-49)36(38(48)39(31)50-24)29-13-10-14-32(46)37(29)47/h10,13-14,18,21,25,27-28,33,35,40H,11-12,15-16,19-20,22-23H2,1-9H3/t27-,28+,33-,35-,40+/m1/s1. The SMILES string of the molecule is Cc1nc2c(F)c(-c3cccc(Cl)c3Cl)c(CCC#N)cc2c2c1cc([C@H]1C[C@H](O[Si](C)(C)C(C)(C)C)CN1C(=O)C1CC1)n2[C@H]1[C@@H]2C[C@H]1N(C(=O)OC(C)(C)C)C2. The van der Waals surface area contributed by atoms with Gasteiger partial charge in [0.05, 0.1) is 45.9 Å². The van der Waals surface area contributed by atoms with E-state index >= 15 is 4.39 Å². The molecular weight excluding hydrogens is 793 g/mol. The maximum atomic E-state index is 17.5. The van der Waals surface area contributed by atoms with Gasteiger partial charge in [0.2, 0.25) is 5.91 Å². The highest BCUT2D eigenvalue weighted by Crippen LogP contribution is 2.55. The quantitative estimate of drug-likeness (QED) is 0.164. The van der Waals surface area contributed by atoms with E-state index in [1.807, 2.05) is 38.7 Å². The highest BCUT2D eigenvalue weighted by atomic mass is 35.5. The van der Waals surface area contributed by atoms with Crippen LogP contribution in [0.5, 0.6) is 0 Å². The minimum Gasteiger partial charge on any atom is -0.444 e. The summed E-state index contributed by atoms with van der Waals surface area (Å²) in [6.07, 6.45) is 3.17. The molecule has 2 bridgehead atoms. The van der Waals surface area contributed by atoms with E-state index in [-0.39, 0.29) is 82.0 Å². The van der Waals surface area contributed by atoms with Crippen molar-refractivity contribution in [3.05, 3.63) is 63.1 Å². The van der Waals surface area contributed by atoms with Crippen LogP contribution in [-0.4, -0.2) is 70.5 Å². The van der Waals surface area contributed by atoms with Gasteiger partial charge in [-0.15, -0.1) is 0 Å². The first-order valence-electron chi connectivity index (χ1n) is 20.7. The predicted molar refractivity (Wildman–Crippen MR) is 229 cm³/mol. The number of benzene rings is 2. The van der Waals surface area contributed by atoms with Gasteiger partial charge in [-0.25, -0.2) is 14.2 Å². The molecule has 4 aromatic rings. The Morgan fingerprint density at radius 3 is 2.41 bits per heavy atom. The average Bonchev–Trinajstić information content (AvgIpc) is 3.40. The number of aryl methyl sites for hydroxylation is 2. The summed E-state index contributed by atoms with van der Waals surface area (Å²) in [5.41, 5.74) is 3.30. The molecule has 5 heterocycles. The Kier molecular flexibility index (Phi) is 10.3. The number of carbonyl (C=O) groups is 2. The van der Waals surface area contributed by atoms with Crippen LogP contribution in [-0.2, 0) is 20.4 Å². The van der Waals surface area contributed by atoms with Gasteiger partial charge in [0.15, 0.2) is 14.1 Å². The summed E-state index contributed by atoms with van der Waals surface area (Å²) in [6, 6.07) is 10.9. The van der Waals surface area contributed by atoms with E-state index in [2.05, 4.69) is 55.5 Å². The molecule has 2 aliphatic carbocycles. The summed E-state index contributed by atoms with van der Waals surface area (Å²) in [5, 5.41) is 11.7. The molecular formula is C45H54Cl2FN5O4Si. The second-order valence-electron chi connectivity index (χ2n) is 19.5. The van der Waals surface area contributed by atoms with Gasteiger partial charge in [0.1, 0.15) is 11.1 Å². The zero-order valence-electron chi connectivity index (χ0n) is 35.0. The molecule has 0 unspecified atom stereocenters. The van der Waals surface area contributed by atoms with Gasteiger partial charge in [-0.2, -0.15) is 5.26 Å². The van der Waals surface area contributed by atoms with Crippen LogP contribution in [0.2, 0.25) is 28.2 Å². The normalized spacial score (nSPS) is 23.5. The number of pyridine rings is 1. The lowest BCUT2D eigenvalue weighted by Crippen LogP contribution is -2.45. The first-order chi connectivity index (χ1) is 27.2. The molecule has 3 aliphatic heterocycles. The Hall–Kier alpha value is -3.69. The summed E-state index contributed by atoms with van der Waals surface area (Å²) in [7, 11) is -2.20. The first-order valence-corrected chi connectivity index (χ1v) is 24.3. The molecule has 2 amide bonds. The Morgan fingerprint density at radius 2 is 1.76 bits per heavy atom. The lowest BCUT2D eigenvalue weighted by atomic mass is 9.79. The molecule has 5 aliphatic rings. The maximum Gasteiger partial charge on any atom is 0.410 e. The summed E-state index contributed by atoms with van der Waals surface area (Å²) < 4.78 is 32.8. The van der Waals surface area contributed by atoms with Gasteiger partial charge in [-0.05, 0) is 95.3 Å². The molecule has 5 atom stereocenters. The lowest BCUT2D eigenvalue weighted by Gasteiger charge is -2.40. The van der Waals surface area contributed by atoms with E-state index in [4.69, 9.17) is 37.3 Å². The van der Waals surface area contributed by atoms with Crippen LogP contribution < -0.4 is 0 Å². The van der Waals surface area contributed by atoms with Crippen LogP contribution in [0.25, 0.3) is 32.9 Å². The number of rotatable bonds is 8. The van der Waals surface area contributed by atoms with Crippen molar-refractivity contribution in [3.8, 4) is 17.2 Å². The number of likely N-dealkylation sites (tertiary alicyclic amines) is 1. The molecule has 308 valence electrons. The van der Waals surface area contributed by atoms with Gasteiger partial charge in [0.25, 0.3) is 0 Å². The number of amides is 2. The van der Waals surface area contributed by atoms with Gasteiger partial charge in [0, 0.05) is 71.1 Å². The minimum absolute atomic E-state index is 0.00671. The zero-order valence-corrected chi connectivity index (χ0v) is 37.5. The number of aromatic nitrogens is 2. The van der Waals surface area contributed by atoms with E-state index in [0.717, 1.165) is 35.9 Å². The molecule has 0 radical (unpaired) electrons. The number of halogens is 3. The second kappa shape index (κ2) is 14.5. The van der Waals surface area contributed by atoms with E-state index in [0.29, 0.717) is 46.7 Å². The van der Waals surface area contributed by atoms with Crippen LogP contribution >= 0.6 is 23.2 Å². The molecule has 0 spiro atoms. The monoisotopic (exact) mass is 845 g/mol. The molecule has 9 nitrogen and oxygen atoms in total. The van der Waals surface area contributed by atoms with Crippen molar-refractivity contribution in [2.24, 2.45) is 11.8 Å². The van der Waals surface area contributed by atoms with Gasteiger partial charge >= 0.3 is 6.09 Å². The Labute approximate surface area is 351 Å². The molecule has 3 saturated heterocycles. The summed E-state index contributed by atoms with van der Waals surface area (Å²) >= 11 is 13.2. The van der Waals surface area contributed by atoms with Crippen LogP contribution in [0.1, 0.15) is 103 Å². The third kappa shape index (κ3) is 6.99. The van der Waals surface area contributed by atoms with Crippen molar-refractivity contribution < 1.29 is 23.1 Å². The second-order valence-corrected chi connectivity index (χ2v) is 25.0. The number of hydrogen-bond acceptors (Lipinski definition) is 6. The minimum atomic E-state index is -2.20. The lowest BCUT2D eigenvalue weighted by molar-refractivity contribution is -0.133. The zero-order chi connectivity index (χ0) is 41.8. The maximum absolute atomic E-state index is 17.5. The first kappa shape index (κ1) is 41.1. The van der Waals surface area contributed by atoms with Crippen molar-refractivity contribution in [1.29, 1.82) is 5.26 Å². The van der Waals surface area contributed by atoms with E-state index in [1.165, 1.54) is 0 Å². The molecule has 0 N–H and O–H groups in total. The van der Waals surface area contributed by atoms with E-state index in [1.54, 1.807) is 18.2 Å². The molecule has 9 rings (SSSR count). The van der Waals surface area contributed by atoms with Crippen LogP contribution in [0.15, 0.2) is 30.3 Å². The van der Waals surface area contributed by atoms with Crippen molar-refractivity contribution >= 4 is 65.3 Å². The number of fused-ring (bicyclic) bond motifs is 4. The third-order valence-corrected chi connectivity index (χ3v) is 18.7.